The molecular formula is C13H14N2O2. The number of ether oxygens (including phenoxy) is 1. The van der Waals surface area contributed by atoms with Crippen molar-refractivity contribution in [3.05, 3.63) is 53.5 Å². The van der Waals surface area contributed by atoms with Gasteiger partial charge in [0, 0.05) is 5.56 Å². The molecule has 0 aliphatic carbocycles. The zero-order chi connectivity index (χ0) is 12.3. The molecule has 1 heterocycles. The number of nitrogens with one attached hydrogen (secondary N) is 1. The average molecular weight is 230 g/mol. The minimum Gasteiger partial charge on any atom is -0.485 e. The van der Waals surface area contributed by atoms with Gasteiger partial charge in [-0.05, 0) is 42.8 Å². The van der Waals surface area contributed by atoms with Crippen LogP contribution in [0.5, 0.6) is 5.75 Å². The Morgan fingerprint density at radius 2 is 2.24 bits per heavy atom. The maximum Gasteiger partial charge on any atom is 0.146 e. The first-order chi connectivity index (χ1) is 8.16. The molecule has 0 aliphatic heterocycles. The fraction of sp³-hybridized carbons (Fsp3) is 0.154. The molecule has 0 radical (unpaired) electrons. The molecule has 0 spiro atoms. The van der Waals surface area contributed by atoms with Gasteiger partial charge >= 0.3 is 0 Å². The van der Waals surface area contributed by atoms with Crippen molar-refractivity contribution in [3.8, 4) is 5.75 Å². The molecule has 1 aromatic heterocycles. The molecule has 2 rings (SSSR count). The molecule has 1 aromatic carbocycles. The van der Waals surface area contributed by atoms with Crippen molar-refractivity contribution >= 4 is 5.84 Å². The van der Waals surface area contributed by atoms with Gasteiger partial charge in [0.15, 0.2) is 0 Å². The zero-order valence-corrected chi connectivity index (χ0v) is 9.57. The van der Waals surface area contributed by atoms with Gasteiger partial charge in [-0.25, -0.2) is 0 Å². The molecule has 0 unspecified atom stereocenters. The third-order valence-electron chi connectivity index (χ3n) is 2.44. The lowest BCUT2D eigenvalue weighted by Gasteiger charge is -2.09. The second kappa shape index (κ2) is 4.74. The number of hydrogen-bond acceptors (Lipinski definition) is 3. The summed E-state index contributed by atoms with van der Waals surface area (Å²) in [5.74, 6) is 1.61. The number of benzene rings is 1. The summed E-state index contributed by atoms with van der Waals surface area (Å²) < 4.78 is 10.8. The van der Waals surface area contributed by atoms with Crippen LogP contribution in [0.3, 0.4) is 0 Å². The van der Waals surface area contributed by atoms with E-state index >= 15 is 0 Å². The van der Waals surface area contributed by atoms with Crippen molar-refractivity contribution in [2.24, 2.45) is 5.73 Å². The monoisotopic (exact) mass is 230 g/mol. The van der Waals surface area contributed by atoms with Crippen molar-refractivity contribution in [2.75, 3.05) is 0 Å². The maximum absolute atomic E-state index is 7.34. The van der Waals surface area contributed by atoms with Gasteiger partial charge in [-0.15, -0.1) is 0 Å². The first-order valence-corrected chi connectivity index (χ1v) is 5.27. The molecule has 4 nitrogen and oxygen atoms in total. The van der Waals surface area contributed by atoms with Crippen LogP contribution in [0.1, 0.15) is 16.9 Å². The summed E-state index contributed by atoms with van der Waals surface area (Å²) in [4.78, 5) is 0. The lowest BCUT2D eigenvalue weighted by atomic mass is 10.1. The van der Waals surface area contributed by atoms with Crippen LogP contribution in [0.2, 0.25) is 0 Å². The second-order valence-corrected chi connectivity index (χ2v) is 3.76. The van der Waals surface area contributed by atoms with Gasteiger partial charge in [-0.2, -0.15) is 0 Å². The van der Waals surface area contributed by atoms with Crippen LogP contribution in [0.15, 0.2) is 41.0 Å². The highest BCUT2D eigenvalue weighted by Gasteiger charge is 2.04. The van der Waals surface area contributed by atoms with Crippen molar-refractivity contribution in [2.45, 2.75) is 13.5 Å². The van der Waals surface area contributed by atoms with Crippen LogP contribution in [0.4, 0.5) is 0 Å². The van der Waals surface area contributed by atoms with Crippen LogP contribution in [0.25, 0.3) is 0 Å². The summed E-state index contributed by atoms with van der Waals surface area (Å²) in [5.41, 5.74) is 7.06. The summed E-state index contributed by atoms with van der Waals surface area (Å²) in [6.07, 6.45) is 1.62. The number of nitrogen functional groups attached to an aromatic ring is 1. The Balaban J connectivity index is 2.09. The first kappa shape index (κ1) is 11.3. The largest absolute Gasteiger partial charge is 0.485 e. The van der Waals surface area contributed by atoms with E-state index in [1.807, 2.05) is 31.2 Å². The lowest BCUT2D eigenvalue weighted by molar-refractivity contribution is 0.268. The third kappa shape index (κ3) is 2.66. The standard InChI is InChI=1S/C13H14N2O2/c1-9-7-10(13(14)15)4-5-12(9)17-8-11-3-2-6-16-11/h2-7H,8H2,1H3,(H3,14,15). The van der Waals surface area contributed by atoms with E-state index in [0.717, 1.165) is 17.1 Å². The molecule has 0 amide bonds. The van der Waals surface area contributed by atoms with Crippen molar-refractivity contribution in [3.63, 3.8) is 0 Å². The Bertz CT molecular complexity index is 518. The number of nitrogens with two attached hydrogens (primary N) is 1. The van der Waals surface area contributed by atoms with Gasteiger partial charge in [-0.3, -0.25) is 5.41 Å². The van der Waals surface area contributed by atoms with Gasteiger partial charge < -0.3 is 14.9 Å². The third-order valence-corrected chi connectivity index (χ3v) is 2.44. The molecule has 0 saturated carbocycles. The topological polar surface area (TPSA) is 72.2 Å². The summed E-state index contributed by atoms with van der Waals surface area (Å²) in [6, 6.07) is 9.10. The predicted molar refractivity (Wildman–Crippen MR) is 65.2 cm³/mol. The number of rotatable bonds is 4. The van der Waals surface area contributed by atoms with Crippen molar-refractivity contribution in [1.82, 2.24) is 0 Å². The molecule has 88 valence electrons. The van der Waals surface area contributed by atoms with E-state index in [1.165, 1.54) is 0 Å². The van der Waals surface area contributed by atoms with Crippen LogP contribution < -0.4 is 10.5 Å². The van der Waals surface area contributed by atoms with E-state index < -0.39 is 0 Å². The fourth-order valence-electron chi connectivity index (χ4n) is 1.52. The molecule has 0 bridgehead atoms. The van der Waals surface area contributed by atoms with E-state index in [1.54, 1.807) is 12.3 Å². The Morgan fingerprint density at radius 3 is 2.82 bits per heavy atom. The fourth-order valence-corrected chi connectivity index (χ4v) is 1.52. The summed E-state index contributed by atoms with van der Waals surface area (Å²) >= 11 is 0. The molecule has 0 fully saturated rings. The van der Waals surface area contributed by atoms with Gasteiger partial charge in [-0.1, -0.05) is 0 Å². The molecule has 3 N–H and O–H groups in total. The summed E-state index contributed by atoms with van der Waals surface area (Å²) in [6.45, 7) is 2.32. The van der Waals surface area contributed by atoms with E-state index in [2.05, 4.69) is 0 Å². The normalized spacial score (nSPS) is 10.2. The van der Waals surface area contributed by atoms with Crippen LogP contribution in [-0.4, -0.2) is 5.84 Å². The number of aryl methyl sites for hydroxylation is 1. The van der Waals surface area contributed by atoms with E-state index in [9.17, 15) is 0 Å². The quantitative estimate of drug-likeness (QED) is 0.626. The second-order valence-electron chi connectivity index (χ2n) is 3.76. The minimum absolute atomic E-state index is 0.0608. The Hall–Kier alpha value is -2.23. The van der Waals surface area contributed by atoms with Crippen molar-refractivity contribution in [1.29, 1.82) is 5.41 Å². The number of furan rings is 1. The highest BCUT2D eigenvalue weighted by molar-refractivity contribution is 5.95. The highest BCUT2D eigenvalue weighted by atomic mass is 16.5. The average Bonchev–Trinajstić information content (AvgIpc) is 2.80. The predicted octanol–water partition coefficient (Wildman–Crippen LogP) is 2.45. The maximum atomic E-state index is 7.34. The molecule has 0 aliphatic rings. The van der Waals surface area contributed by atoms with Gasteiger partial charge in [0.25, 0.3) is 0 Å². The zero-order valence-electron chi connectivity index (χ0n) is 9.57. The van der Waals surface area contributed by atoms with Crippen LogP contribution in [-0.2, 0) is 6.61 Å². The van der Waals surface area contributed by atoms with E-state index in [-0.39, 0.29) is 5.84 Å². The van der Waals surface area contributed by atoms with Crippen LogP contribution in [0, 0.1) is 12.3 Å². The molecular weight excluding hydrogens is 216 g/mol. The molecule has 0 atom stereocenters. The molecule has 0 saturated heterocycles. The Labute approximate surface area is 99.5 Å². The van der Waals surface area contributed by atoms with E-state index in [4.69, 9.17) is 20.3 Å². The lowest BCUT2D eigenvalue weighted by Crippen LogP contribution is -2.11. The molecule has 2 aromatic rings. The van der Waals surface area contributed by atoms with E-state index in [0.29, 0.717) is 12.2 Å². The summed E-state index contributed by atoms with van der Waals surface area (Å²) in [7, 11) is 0. The Morgan fingerprint density at radius 1 is 1.41 bits per heavy atom. The number of hydrogen-bond donors (Lipinski definition) is 2. The minimum atomic E-state index is 0.0608. The SMILES string of the molecule is Cc1cc(C(=N)N)ccc1OCc1ccco1. The Kier molecular flexibility index (Phi) is 3.14. The first-order valence-electron chi connectivity index (χ1n) is 5.27. The smallest absolute Gasteiger partial charge is 0.146 e. The van der Waals surface area contributed by atoms with Gasteiger partial charge in [0.05, 0.1) is 6.26 Å². The molecule has 17 heavy (non-hydrogen) atoms. The summed E-state index contributed by atoms with van der Waals surface area (Å²) in [5, 5.41) is 7.34. The van der Waals surface area contributed by atoms with Gasteiger partial charge in [0.2, 0.25) is 0 Å². The number of amidine groups is 1. The van der Waals surface area contributed by atoms with Crippen LogP contribution >= 0.6 is 0 Å². The molecule has 4 heteroatoms. The highest BCUT2D eigenvalue weighted by Crippen LogP contribution is 2.20. The van der Waals surface area contributed by atoms with Gasteiger partial charge in [0.1, 0.15) is 24.0 Å². The van der Waals surface area contributed by atoms with Crippen molar-refractivity contribution < 1.29 is 9.15 Å².